The SMILES string of the molecule is CCC(=O)OCCc1ccc(C(C)C)cc1. The van der Waals surface area contributed by atoms with Crippen molar-refractivity contribution >= 4 is 5.97 Å². The maximum atomic E-state index is 10.9. The van der Waals surface area contributed by atoms with Gasteiger partial charge in [0.2, 0.25) is 0 Å². The van der Waals surface area contributed by atoms with Gasteiger partial charge in [-0.25, -0.2) is 0 Å². The van der Waals surface area contributed by atoms with Crippen molar-refractivity contribution in [3.05, 3.63) is 35.4 Å². The van der Waals surface area contributed by atoms with E-state index in [1.165, 1.54) is 11.1 Å². The average molecular weight is 220 g/mol. The lowest BCUT2D eigenvalue weighted by molar-refractivity contribution is -0.143. The Morgan fingerprint density at radius 3 is 2.38 bits per heavy atom. The smallest absolute Gasteiger partial charge is 0.305 e. The fraction of sp³-hybridized carbons (Fsp3) is 0.500. The van der Waals surface area contributed by atoms with Crippen LogP contribution >= 0.6 is 0 Å². The van der Waals surface area contributed by atoms with Crippen LogP contribution in [0.3, 0.4) is 0 Å². The Bertz CT molecular complexity index is 325. The van der Waals surface area contributed by atoms with Crippen LogP contribution in [-0.2, 0) is 16.0 Å². The molecule has 1 rings (SSSR count). The lowest BCUT2D eigenvalue weighted by Gasteiger charge is -2.07. The molecule has 0 saturated carbocycles. The molecule has 0 aromatic heterocycles. The van der Waals surface area contributed by atoms with Gasteiger partial charge in [-0.05, 0) is 17.0 Å². The molecule has 0 unspecified atom stereocenters. The molecule has 0 heterocycles. The first-order valence-electron chi connectivity index (χ1n) is 5.88. The Balaban J connectivity index is 2.40. The van der Waals surface area contributed by atoms with E-state index in [4.69, 9.17) is 4.74 Å². The number of carbonyl (C=O) groups is 1. The van der Waals surface area contributed by atoms with E-state index in [1.54, 1.807) is 6.92 Å². The van der Waals surface area contributed by atoms with Gasteiger partial charge < -0.3 is 4.74 Å². The van der Waals surface area contributed by atoms with Gasteiger partial charge >= 0.3 is 5.97 Å². The van der Waals surface area contributed by atoms with Crippen molar-refractivity contribution in [3.8, 4) is 0 Å². The van der Waals surface area contributed by atoms with Gasteiger partial charge in [0, 0.05) is 12.8 Å². The van der Waals surface area contributed by atoms with Gasteiger partial charge in [0.05, 0.1) is 6.61 Å². The zero-order chi connectivity index (χ0) is 12.0. The topological polar surface area (TPSA) is 26.3 Å². The van der Waals surface area contributed by atoms with Crippen LogP contribution in [0.25, 0.3) is 0 Å². The Kier molecular flexibility index (Phi) is 5.03. The van der Waals surface area contributed by atoms with Crippen LogP contribution in [0.4, 0.5) is 0 Å². The Morgan fingerprint density at radius 2 is 1.88 bits per heavy atom. The van der Waals surface area contributed by atoms with Gasteiger partial charge in [0.15, 0.2) is 0 Å². The summed E-state index contributed by atoms with van der Waals surface area (Å²) in [5.41, 5.74) is 2.56. The molecule has 2 nitrogen and oxygen atoms in total. The van der Waals surface area contributed by atoms with Crippen LogP contribution in [0.5, 0.6) is 0 Å². The molecular formula is C14H20O2. The fourth-order valence-corrected chi connectivity index (χ4v) is 1.45. The summed E-state index contributed by atoms with van der Waals surface area (Å²) >= 11 is 0. The first kappa shape index (κ1) is 12.8. The first-order valence-corrected chi connectivity index (χ1v) is 5.88. The summed E-state index contributed by atoms with van der Waals surface area (Å²) in [6.45, 7) is 6.64. The van der Waals surface area contributed by atoms with Crippen molar-refractivity contribution in [1.29, 1.82) is 0 Å². The van der Waals surface area contributed by atoms with Crippen LogP contribution < -0.4 is 0 Å². The summed E-state index contributed by atoms with van der Waals surface area (Å²) in [7, 11) is 0. The van der Waals surface area contributed by atoms with Gasteiger partial charge in [0.25, 0.3) is 0 Å². The Hall–Kier alpha value is -1.31. The molecule has 0 saturated heterocycles. The van der Waals surface area contributed by atoms with E-state index in [0.29, 0.717) is 18.9 Å². The minimum atomic E-state index is -0.126. The third-order valence-corrected chi connectivity index (χ3v) is 2.59. The van der Waals surface area contributed by atoms with Crippen molar-refractivity contribution in [2.45, 2.75) is 39.5 Å². The standard InChI is InChI=1S/C14H20O2/c1-4-14(15)16-10-9-12-5-7-13(8-6-12)11(2)3/h5-8,11H,4,9-10H2,1-3H3. The predicted molar refractivity (Wildman–Crippen MR) is 65.5 cm³/mol. The third kappa shape index (κ3) is 4.05. The van der Waals surface area contributed by atoms with Crippen LogP contribution in [-0.4, -0.2) is 12.6 Å². The molecule has 88 valence electrons. The van der Waals surface area contributed by atoms with E-state index >= 15 is 0 Å². The molecule has 1 aromatic rings. The number of esters is 1. The van der Waals surface area contributed by atoms with Crippen molar-refractivity contribution in [2.24, 2.45) is 0 Å². The molecule has 0 aliphatic heterocycles. The van der Waals surface area contributed by atoms with Crippen molar-refractivity contribution in [1.82, 2.24) is 0 Å². The quantitative estimate of drug-likeness (QED) is 0.712. The molecule has 16 heavy (non-hydrogen) atoms. The molecule has 0 fully saturated rings. The highest BCUT2D eigenvalue weighted by atomic mass is 16.5. The maximum absolute atomic E-state index is 10.9. The largest absolute Gasteiger partial charge is 0.465 e. The number of carbonyl (C=O) groups excluding carboxylic acids is 1. The zero-order valence-electron chi connectivity index (χ0n) is 10.3. The molecule has 0 spiro atoms. The van der Waals surface area contributed by atoms with Crippen molar-refractivity contribution in [2.75, 3.05) is 6.61 Å². The van der Waals surface area contributed by atoms with Gasteiger partial charge in [-0.2, -0.15) is 0 Å². The van der Waals surface area contributed by atoms with E-state index in [1.807, 2.05) is 0 Å². The van der Waals surface area contributed by atoms with Crippen molar-refractivity contribution < 1.29 is 9.53 Å². The van der Waals surface area contributed by atoms with E-state index in [0.717, 1.165) is 6.42 Å². The zero-order valence-corrected chi connectivity index (χ0v) is 10.3. The van der Waals surface area contributed by atoms with Crippen molar-refractivity contribution in [3.63, 3.8) is 0 Å². The molecule has 1 aromatic carbocycles. The molecule has 0 atom stereocenters. The lowest BCUT2D eigenvalue weighted by atomic mass is 10.0. The highest BCUT2D eigenvalue weighted by molar-refractivity contribution is 5.68. The number of ether oxygens (including phenoxy) is 1. The summed E-state index contributed by atoms with van der Waals surface area (Å²) in [5.74, 6) is 0.436. The molecule has 0 radical (unpaired) electrons. The predicted octanol–water partition coefficient (Wildman–Crippen LogP) is 3.31. The summed E-state index contributed by atoms with van der Waals surface area (Å²) < 4.78 is 5.03. The maximum Gasteiger partial charge on any atom is 0.305 e. The van der Waals surface area contributed by atoms with E-state index in [-0.39, 0.29) is 5.97 Å². The molecule has 0 aliphatic rings. The molecular weight excluding hydrogens is 200 g/mol. The van der Waals surface area contributed by atoms with Crippen LogP contribution in [0.2, 0.25) is 0 Å². The third-order valence-electron chi connectivity index (χ3n) is 2.59. The summed E-state index contributed by atoms with van der Waals surface area (Å²) in [4.78, 5) is 10.9. The van der Waals surface area contributed by atoms with E-state index < -0.39 is 0 Å². The molecule has 2 heteroatoms. The number of hydrogen-bond donors (Lipinski definition) is 0. The lowest BCUT2D eigenvalue weighted by Crippen LogP contribution is -2.06. The summed E-state index contributed by atoms with van der Waals surface area (Å²) in [6.07, 6.45) is 1.25. The van der Waals surface area contributed by atoms with Gasteiger partial charge in [-0.1, -0.05) is 45.0 Å². The summed E-state index contributed by atoms with van der Waals surface area (Å²) in [5, 5.41) is 0. The minimum absolute atomic E-state index is 0.126. The van der Waals surface area contributed by atoms with Gasteiger partial charge in [0.1, 0.15) is 0 Å². The minimum Gasteiger partial charge on any atom is -0.465 e. The van der Waals surface area contributed by atoms with Crippen LogP contribution in [0, 0.1) is 0 Å². The monoisotopic (exact) mass is 220 g/mol. The van der Waals surface area contributed by atoms with Crippen LogP contribution in [0.15, 0.2) is 24.3 Å². The second kappa shape index (κ2) is 6.31. The van der Waals surface area contributed by atoms with Gasteiger partial charge in [-0.3, -0.25) is 4.79 Å². The average Bonchev–Trinajstić information content (AvgIpc) is 2.29. The first-order chi connectivity index (χ1) is 7.63. The Labute approximate surface area is 97.6 Å². The molecule has 0 bridgehead atoms. The number of benzene rings is 1. The van der Waals surface area contributed by atoms with Crippen LogP contribution in [0.1, 0.15) is 44.2 Å². The normalized spacial score (nSPS) is 10.5. The second-order valence-electron chi connectivity index (χ2n) is 4.22. The fourth-order valence-electron chi connectivity index (χ4n) is 1.45. The molecule has 0 aliphatic carbocycles. The number of rotatable bonds is 5. The van der Waals surface area contributed by atoms with E-state index in [9.17, 15) is 4.79 Å². The second-order valence-corrected chi connectivity index (χ2v) is 4.22. The van der Waals surface area contributed by atoms with Gasteiger partial charge in [-0.15, -0.1) is 0 Å². The molecule has 0 amide bonds. The Morgan fingerprint density at radius 1 is 1.25 bits per heavy atom. The summed E-state index contributed by atoms with van der Waals surface area (Å²) in [6, 6.07) is 8.49. The highest BCUT2D eigenvalue weighted by Gasteiger charge is 2.01. The molecule has 0 N–H and O–H groups in total. The highest BCUT2D eigenvalue weighted by Crippen LogP contribution is 2.14. The van der Waals surface area contributed by atoms with E-state index in [2.05, 4.69) is 38.1 Å². The number of hydrogen-bond acceptors (Lipinski definition) is 2.